The molecule has 29 heavy (non-hydrogen) atoms. The molecule has 1 heterocycles. The lowest BCUT2D eigenvalue weighted by atomic mass is 9.80. The van der Waals surface area contributed by atoms with E-state index in [1.807, 2.05) is 6.92 Å². The molecule has 2 N–H and O–H groups in total. The molecule has 1 unspecified atom stereocenters. The van der Waals surface area contributed by atoms with E-state index in [9.17, 15) is 24.8 Å². The molecule has 1 saturated carbocycles. The number of nitro groups is 1. The SMILES string of the molecule is CC1=C(C(=O)O)C(c2cccc([N+](=O)[O-])c2)C(C(=O)OC2(C)CCCC2)=C(C)N1. The van der Waals surface area contributed by atoms with Crippen LogP contribution in [0.2, 0.25) is 0 Å². The minimum absolute atomic E-state index is 0.0281. The Bertz CT molecular complexity index is 940. The predicted molar refractivity (Wildman–Crippen MR) is 105 cm³/mol. The number of ether oxygens (including phenoxy) is 1. The molecule has 1 atom stereocenters. The van der Waals surface area contributed by atoms with E-state index in [1.165, 1.54) is 18.2 Å². The number of benzene rings is 1. The number of carbonyl (C=O) groups is 2. The molecular weight excluding hydrogens is 376 g/mol. The van der Waals surface area contributed by atoms with Gasteiger partial charge in [-0.1, -0.05) is 12.1 Å². The average Bonchev–Trinajstić information content (AvgIpc) is 3.06. The number of esters is 1. The fourth-order valence-electron chi connectivity index (χ4n) is 4.20. The second kappa shape index (κ2) is 7.69. The van der Waals surface area contributed by atoms with Gasteiger partial charge in [0, 0.05) is 23.5 Å². The summed E-state index contributed by atoms with van der Waals surface area (Å²) < 4.78 is 5.82. The first-order valence-corrected chi connectivity index (χ1v) is 9.52. The molecule has 1 fully saturated rings. The van der Waals surface area contributed by atoms with Crippen molar-refractivity contribution in [2.45, 2.75) is 58.0 Å². The molecule has 1 aromatic rings. The number of aliphatic carboxylic acids is 1. The Kier molecular flexibility index (Phi) is 5.46. The lowest BCUT2D eigenvalue weighted by Gasteiger charge is -2.32. The zero-order valence-electron chi connectivity index (χ0n) is 16.7. The molecule has 154 valence electrons. The van der Waals surface area contributed by atoms with Gasteiger partial charge in [-0.2, -0.15) is 0 Å². The highest BCUT2D eigenvalue weighted by atomic mass is 16.6. The third-order valence-electron chi connectivity index (χ3n) is 5.63. The van der Waals surface area contributed by atoms with Crippen molar-refractivity contribution in [3.8, 4) is 0 Å². The van der Waals surface area contributed by atoms with Crippen molar-refractivity contribution in [3.63, 3.8) is 0 Å². The van der Waals surface area contributed by atoms with E-state index in [0.29, 0.717) is 17.0 Å². The summed E-state index contributed by atoms with van der Waals surface area (Å²) in [5.74, 6) is -2.76. The van der Waals surface area contributed by atoms with E-state index < -0.39 is 28.4 Å². The Hall–Kier alpha value is -3.16. The molecule has 1 aliphatic carbocycles. The van der Waals surface area contributed by atoms with Gasteiger partial charge in [0.1, 0.15) is 5.60 Å². The smallest absolute Gasteiger partial charge is 0.337 e. The number of hydrogen-bond acceptors (Lipinski definition) is 6. The summed E-state index contributed by atoms with van der Waals surface area (Å²) in [7, 11) is 0. The van der Waals surface area contributed by atoms with Crippen LogP contribution in [0.5, 0.6) is 0 Å². The Morgan fingerprint density at radius 1 is 1.21 bits per heavy atom. The van der Waals surface area contributed by atoms with Crippen LogP contribution in [-0.4, -0.2) is 27.6 Å². The third kappa shape index (κ3) is 4.01. The average molecular weight is 400 g/mol. The minimum atomic E-state index is -1.20. The van der Waals surface area contributed by atoms with Crippen LogP contribution in [0.25, 0.3) is 0 Å². The standard InChI is InChI=1S/C21H24N2O6/c1-12-16(19(24)25)18(14-7-6-8-15(11-14)23(27)28)17(13(2)22-12)20(26)29-21(3)9-4-5-10-21/h6-8,11,18,22H,4-5,9-10H2,1-3H3,(H,24,25). The van der Waals surface area contributed by atoms with Gasteiger partial charge in [0.25, 0.3) is 5.69 Å². The lowest BCUT2D eigenvalue weighted by molar-refractivity contribution is -0.384. The van der Waals surface area contributed by atoms with Crippen molar-refractivity contribution in [3.05, 3.63) is 62.5 Å². The second-order valence-electron chi connectivity index (χ2n) is 7.84. The molecular formula is C21H24N2O6. The van der Waals surface area contributed by atoms with Crippen LogP contribution >= 0.6 is 0 Å². The summed E-state index contributed by atoms with van der Waals surface area (Å²) in [6.45, 7) is 5.17. The van der Waals surface area contributed by atoms with Gasteiger partial charge in [0.2, 0.25) is 0 Å². The molecule has 0 radical (unpaired) electrons. The van der Waals surface area contributed by atoms with E-state index in [2.05, 4.69) is 5.32 Å². The highest BCUT2D eigenvalue weighted by molar-refractivity contribution is 5.99. The molecule has 3 rings (SSSR count). The quantitative estimate of drug-likeness (QED) is 0.438. The van der Waals surface area contributed by atoms with Crippen LogP contribution in [0.1, 0.15) is 57.9 Å². The van der Waals surface area contributed by atoms with Crippen LogP contribution in [0.3, 0.4) is 0 Å². The molecule has 0 saturated heterocycles. The maximum absolute atomic E-state index is 13.2. The van der Waals surface area contributed by atoms with Crippen molar-refractivity contribution in [1.29, 1.82) is 0 Å². The highest BCUT2D eigenvalue weighted by Crippen LogP contribution is 2.41. The van der Waals surface area contributed by atoms with Crippen LogP contribution in [0, 0.1) is 10.1 Å². The number of carbonyl (C=O) groups excluding carboxylic acids is 1. The summed E-state index contributed by atoms with van der Waals surface area (Å²) >= 11 is 0. The number of carboxylic acids is 1. The monoisotopic (exact) mass is 400 g/mol. The van der Waals surface area contributed by atoms with Crippen LogP contribution in [0.15, 0.2) is 46.8 Å². The topological polar surface area (TPSA) is 119 Å². The summed E-state index contributed by atoms with van der Waals surface area (Å²) in [6, 6.07) is 5.72. The van der Waals surface area contributed by atoms with Crippen molar-refractivity contribution < 1.29 is 24.4 Å². The number of nitrogens with zero attached hydrogens (tertiary/aromatic N) is 1. The number of carboxylic acid groups (broad SMARTS) is 1. The van der Waals surface area contributed by atoms with E-state index in [4.69, 9.17) is 4.74 Å². The lowest BCUT2D eigenvalue weighted by Crippen LogP contribution is -2.35. The van der Waals surface area contributed by atoms with Gasteiger partial charge in [0.15, 0.2) is 0 Å². The number of nitro benzene ring substituents is 1. The number of hydrogen-bond donors (Lipinski definition) is 2. The zero-order chi connectivity index (χ0) is 21.3. The number of allylic oxidation sites excluding steroid dienone is 2. The second-order valence-corrected chi connectivity index (χ2v) is 7.84. The molecule has 1 aliphatic heterocycles. The van der Waals surface area contributed by atoms with Crippen molar-refractivity contribution >= 4 is 17.6 Å². The number of dihydropyridines is 1. The van der Waals surface area contributed by atoms with E-state index >= 15 is 0 Å². The van der Waals surface area contributed by atoms with Gasteiger partial charge >= 0.3 is 11.9 Å². The molecule has 0 amide bonds. The minimum Gasteiger partial charge on any atom is -0.478 e. The van der Waals surface area contributed by atoms with Gasteiger partial charge in [-0.25, -0.2) is 9.59 Å². The summed E-state index contributed by atoms with van der Waals surface area (Å²) in [5, 5.41) is 24.0. The number of nitrogens with one attached hydrogen (secondary N) is 1. The molecule has 8 nitrogen and oxygen atoms in total. The summed E-state index contributed by atoms with van der Waals surface area (Å²) in [4.78, 5) is 35.9. The Morgan fingerprint density at radius 2 is 1.83 bits per heavy atom. The first-order chi connectivity index (χ1) is 13.6. The number of non-ortho nitro benzene ring substituents is 1. The van der Waals surface area contributed by atoms with Gasteiger partial charge in [-0.05, 0) is 52.0 Å². The maximum atomic E-state index is 13.2. The Labute approximate surface area is 168 Å². The van der Waals surface area contributed by atoms with Crippen LogP contribution < -0.4 is 5.32 Å². The largest absolute Gasteiger partial charge is 0.478 e. The highest BCUT2D eigenvalue weighted by Gasteiger charge is 2.41. The molecule has 0 bridgehead atoms. The van der Waals surface area contributed by atoms with Gasteiger partial charge < -0.3 is 15.2 Å². The fourth-order valence-corrected chi connectivity index (χ4v) is 4.20. The van der Waals surface area contributed by atoms with E-state index in [1.54, 1.807) is 19.9 Å². The van der Waals surface area contributed by atoms with Crippen molar-refractivity contribution in [1.82, 2.24) is 5.32 Å². The molecule has 0 spiro atoms. The zero-order valence-corrected chi connectivity index (χ0v) is 16.7. The van der Waals surface area contributed by atoms with Gasteiger partial charge in [0.05, 0.1) is 22.0 Å². The maximum Gasteiger partial charge on any atom is 0.337 e. The van der Waals surface area contributed by atoms with Crippen molar-refractivity contribution in [2.24, 2.45) is 0 Å². The molecule has 8 heteroatoms. The molecule has 1 aromatic carbocycles. The molecule has 2 aliphatic rings. The first kappa shape index (κ1) is 20.6. The van der Waals surface area contributed by atoms with E-state index in [-0.39, 0.29) is 16.8 Å². The van der Waals surface area contributed by atoms with Crippen LogP contribution in [0.4, 0.5) is 5.69 Å². The number of rotatable bonds is 5. The van der Waals surface area contributed by atoms with Gasteiger partial charge in [-0.15, -0.1) is 0 Å². The van der Waals surface area contributed by atoms with Gasteiger partial charge in [-0.3, -0.25) is 10.1 Å². The Balaban J connectivity index is 2.10. The normalized spacial score (nSPS) is 21.0. The Morgan fingerprint density at radius 3 is 2.41 bits per heavy atom. The van der Waals surface area contributed by atoms with Crippen LogP contribution in [-0.2, 0) is 14.3 Å². The fraction of sp³-hybridized carbons (Fsp3) is 0.429. The predicted octanol–water partition coefficient (Wildman–Crippen LogP) is 3.79. The summed E-state index contributed by atoms with van der Waals surface area (Å²) in [5.41, 5.74) is 0.612. The molecule has 0 aromatic heterocycles. The third-order valence-corrected chi connectivity index (χ3v) is 5.63. The van der Waals surface area contributed by atoms with Crippen molar-refractivity contribution in [2.75, 3.05) is 0 Å². The van der Waals surface area contributed by atoms with E-state index in [0.717, 1.165) is 25.7 Å². The summed E-state index contributed by atoms with van der Waals surface area (Å²) in [6.07, 6.45) is 3.43. The first-order valence-electron chi connectivity index (χ1n) is 9.52.